The normalized spacial score (nSPS) is 25.1. The Bertz CT molecular complexity index is 355. The van der Waals surface area contributed by atoms with E-state index in [9.17, 15) is 5.11 Å². The predicted octanol–water partition coefficient (Wildman–Crippen LogP) is 2.00. The van der Waals surface area contributed by atoms with Crippen LogP contribution < -0.4 is 0 Å². The van der Waals surface area contributed by atoms with Gasteiger partial charge in [0, 0.05) is 32.2 Å². The minimum absolute atomic E-state index is 0.00546. The second-order valence-corrected chi connectivity index (χ2v) is 4.92. The van der Waals surface area contributed by atoms with Crippen LogP contribution in [0.5, 0.6) is 0 Å². The average molecular weight is 274 g/mol. The van der Waals surface area contributed by atoms with Gasteiger partial charge in [0.15, 0.2) is 0 Å². The van der Waals surface area contributed by atoms with E-state index in [0.29, 0.717) is 0 Å². The molecule has 110 valence electrons. The van der Waals surface area contributed by atoms with Crippen molar-refractivity contribution < 1.29 is 5.11 Å². The van der Waals surface area contributed by atoms with Crippen LogP contribution in [0.15, 0.2) is 62.8 Å². The summed E-state index contributed by atoms with van der Waals surface area (Å²) in [6.45, 7) is 18.2. The molecule has 1 aliphatic rings. The standard InChI is InChI=1S/C17H26N2O/c1-5-11-18(12-6-2)15-9-10-16(20)17(15)19(13-7-3)14-8-4/h5-10,15-17,20H,1-4,11-14H2/t15-,16-,17+/m1/s1. The third-order valence-electron chi connectivity index (χ3n) is 3.50. The van der Waals surface area contributed by atoms with E-state index in [1.54, 1.807) is 0 Å². The lowest BCUT2D eigenvalue weighted by molar-refractivity contribution is 0.0589. The molecule has 20 heavy (non-hydrogen) atoms. The van der Waals surface area contributed by atoms with Gasteiger partial charge in [0.1, 0.15) is 0 Å². The van der Waals surface area contributed by atoms with Crippen LogP contribution in [0.4, 0.5) is 0 Å². The maximum atomic E-state index is 10.3. The highest BCUT2D eigenvalue weighted by molar-refractivity contribution is 5.17. The molecule has 3 nitrogen and oxygen atoms in total. The molecule has 3 heteroatoms. The quantitative estimate of drug-likeness (QED) is 0.617. The summed E-state index contributed by atoms with van der Waals surface area (Å²) < 4.78 is 0. The zero-order valence-corrected chi connectivity index (χ0v) is 12.2. The molecule has 0 heterocycles. The zero-order chi connectivity index (χ0) is 15.0. The molecule has 0 spiro atoms. The van der Waals surface area contributed by atoms with E-state index < -0.39 is 6.10 Å². The molecule has 1 N–H and O–H groups in total. The van der Waals surface area contributed by atoms with E-state index in [-0.39, 0.29) is 12.1 Å². The number of nitrogens with zero attached hydrogens (tertiary/aromatic N) is 2. The number of aliphatic hydroxyl groups excluding tert-OH is 1. The van der Waals surface area contributed by atoms with Crippen molar-refractivity contribution in [3.63, 3.8) is 0 Å². The van der Waals surface area contributed by atoms with Gasteiger partial charge in [-0.1, -0.05) is 36.5 Å². The summed E-state index contributed by atoms with van der Waals surface area (Å²) in [4.78, 5) is 4.44. The highest BCUT2D eigenvalue weighted by atomic mass is 16.3. The Balaban J connectivity index is 2.93. The minimum atomic E-state index is -0.475. The zero-order valence-electron chi connectivity index (χ0n) is 12.2. The Labute approximate surface area is 122 Å². The van der Waals surface area contributed by atoms with Crippen molar-refractivity contribution >= 4 is 0 Å². The topological polar surface area (TPSA) is 26.7 Å². The fraction of sp³-hybridized carbons (Fsp3) is 0.412. The maximum absolute atomic E-state index is 10.3. The van der Waals surface area contributed by atoms with Gasteiger partial charge in [-0.3, -0.25) is 9.80 Å². The lowest BCUT2D eigenvalue weighted by Crippen LogP contribution is -2.53. The Kier molecular flexibility index (Phi) is 7.23. The van der Waals surface area contributed by atoms with Crippen LogP contribution in [0.1, 0.15) is 0 Å². The Morgan fingerprint density at radius 2 is 1.25 bits per heavy atom. The number of rotatable bonds is 10. The SMILES string of the molecule is C=CCN(CC=C)[C@@H]1[C@H](O)C=C[C@H]1N(CC=C)CC=C. The maximum Gasteiger partial charge on any atom is 0.0895 e. The van der Waals surface area contributed by atoms with Crippen LogP contribution in [0.2, 0.25) is 0 Å². The second kappa shape index (κ2) is 8.69. The van der Waals surface area contributed by atoms with Gasteiger partial charge in [0.25, 0.3) is 0 Å². The van der Waals surface area contributed by atoms with Crippen molar-refractivity contribution in [3.05, 3.63) is 62.8 Å². The highest BCUT2D eigenvalue weighted by Gasteiger charge is 2.37. The molecule has 0 aromatic rings. The van der Waals surface area contributed by atoms with Gasteiger partial charge in [-0.15, -0.1) is 26.3 Å². The first-order valence-electron chi connectivity index (χ1n) is 6.97. The molecule has 3 atom stereocenters. The van der Waals surface area contributed by atoms with Crippen molar-refractivity contribution in [3.8, 4) is 0 Å². The lowest BCUT2D eigenvalue weighted by Gasteiger charge is -2.38. The van der Waals surface area contributed by atoms with Crippen LogP contribution in [0.25, 0.3) is 0 Å². The third-order valence-corrected chi connectivity index (χ3v) is 3.50. The van der Waals surface area contributed by atoms with E-state index in [1.165, 1.54) is 0 Å². The van der Waals surface area contributed by atoms with Gasteiger partial charge < -0.3 is 5.11 Å². The van der Waals surface area contributed by atoms with Gasteiger partial charge >= 0.3 is 0 Å². The predicted molar refractivity (Wildman–Crippen MR) is 86.7 cm³/mol. The second-order valence-electron chi connectivity index (χ2n) is 4.92. The average Bonchev–Trinajstić information content (AvgIpc) is 2.80. The van der Waals surface area contributed by atoms with Crippen molar-refractivity contribution in [2.45, 2.75) is 18.2 Å². The first-order valence-corrected chi connectivity index (χ1v) is 6.97. The summed E-state index contributed by atoms with van der Waals surface area (Å²) in [7, 11) is 0. The van der Waals surface area contributed by atoms with Crippen molar-refractivity contribution in [2.24, 2.45) is 0 Å². The molecule has 0 aromatic carbocycles. The molecule has 0 unspecified atom stereocenters. The van der Waals surface area contributed by atoms with Crippen LogP contribution in [0, 0.1) is 0 Å². The monoisotopic (exact) mass is 274 g/mol. The number of hydrogen-bond donors (Lipinski definition) is 1. The molecule has 0 fully saturated rings. The molecular formula is C17H26N2O. The highest BCUT2D eigenvalue weighted by Crippen LogP contribution is 2.23. The Morgan fingerprint density at radius 3 is 1.70 bits per heavy atom. The summed E-state index contributed by atoms with van der Waals surface area (Å²) in [5.74, 6) is 0. The smallest absolute Gasteiger partial charge is 0.0895 e. The summed E-state index contributed by atoms with van der Waals surface area (Å²) in [6, 6.07) is 0.145. The molecule has 0 radical (unpaired) electrons. The first kappa shape index (κ1) is 16.6. The molecule has 0 saturated carbocycles. The summed E-state index contributed by atoms with van der Waals surface area (Å²) in [5, 5.41) is 10.3. The molecule has 0 aromatic heterocycles. The molecule has 0 bridgehead atoms. The van der Waals surface area contributed by atoms with E-state index in [1.807, 2.05) is 30.4 Å². The minimum Gasteiger partial charge on any atom is -0.387 e. The van der Waals surface area contributed by atoms with Crippen molar-refractivity contribution in [1.29, 1.82) is 0 Å². The van der Waals surface area contributed by atoms with Crippen molar-refractivity contribution in [1.82, 2.24) is 9.80 Å². The van der Waals surface area contributed by atoms with Crippen LogP contribution in [-0.2, 0) is 0 Å². The number of hydrogen-bond acceptors (Lipinski definition) is 3. The van der Waals surface area contributed by atoms with Gasteiger partial charge in [0.05, 0.1) is 12.1 Å². The summed E-state index contributed by atoms with van der Waals surface area (Å²) in [5.41, 5.74) is 0. The van der Waals surface area contributed by atoms with Gasteiger partial charge in [-0.05, 0) is 0 Å². The Morgan fingerprint density at radius 1 is 0.800 bits per heavy atom. The lowest BCUT2D eigenvalue weighted by atomic mass is 10.1. The van der Waals surface area contributed by atoms with Crippen LogP contribution in [0.3, 0.4) is 0 Å². The molecule has 0 saturated heterocycles. The van der Waals surface area contributed by atoms with Gasteiger partial charge in [-0.25, -0.2) is 0 Å². The molecule has 1 rings (SSSR count). The van der Waals surface area contributed by atoms with Gasteiger partial charge in [-0.2, -0.15) is 0 Å². The van der Waals surface area contributed by atoms with E-state index in [0.717, 1.165) is 26.2 Å². The molecule has 0 aliphatic heterocycles. The first-order chi connectivity index (χ1) is 9.69. The molecular weight excluding hydrogens is 248 g/mol. The number of aliphatic hydroxyl groups is 1. The van der Waals surface area contributed by atoms with Gasteiger partial charge in [0.2, 0.25) is 0 Å². The van der Waals surface area contributed by atoms with E-state index >= 15 is 0 Å². The van der Waals surface area contributed by atoms with E-state index in [2.05, 4.69) is 42.2 Å². The third kappa shape index (κ3) is 4.04. The van der Waals surface area contributed by atoms with E-state index in [4.69, 9.17) is 0 Å². The fourth-order valence-electron chi connectivity index (χ4n) is 2.73. The summed E-state index contributed by atoms with van der Waals surface area (Å²) >= 11 is 0. The summed E-state index contributed by atoms with van der Waals surface area (Å²) in [6.07, 6.45) is 10.9. The van der Waals surface area contributed by atoms with Crippen LogP contribution in [-0.4, -0.2) is 59.3 Å². The fourth-order valence-corrected chi connectivity index (χ4v) is 2.73. The van der Waals surface area contributed by atoms with Crippen LogP contribution >= 0.6 is 0 Å². The van der Waals surface area contributed by atoms with Crippen molar-refractivity contribution in [2.75, 3.05) is 26.2 Å². The molecule has 0 amide bonds. The molecule has 1 aliphatic carbocycles. The largest absolute Gasteiger partial charge is 0.387 e. The Hall–Kier alpha value is -1.42.